The first-order chi connectivity index (χ1) is 6.25. The van der Waals surface area contributed by atoms with E-state index in [0.717, 1.165) is 17.9 Å². The van der Waals surface area contributed by atoms with Gasteiger partial charge in [-0.2, -0.15) is 0 Å². The first-order valence-corrected chi connectivity index (χ1v) is 5.06. The number of rotatable bonds is 2. The summed E-state index contributed by atoms with van der Waals surface area (Å²) in [6, 6.07) is 4.49. The summed E-state index contributed by atoms with van der Waals surface area (Å²) in [7, 11) is 0. The molecule has 1 aromatic rings. The molecule has 0 bridgehead atoms. The van der Waals surface area contributed by atoms with Gasteiger partial charge in [-0.15, -0.1) is 0 Å². The monoisotopic (exact) mass is 179 g/mol. The first kappa shape index (κ1) is 8.82. The molecule has 2 atom stereocenters. The second-order valence-corrected chi connectivity index (χ2v) is 4.07. The maximum absolute atomic E-state index is 5.99. The molecule has 0 aromatic carbocycles. The van der Waals surface area contributed by atoms with Gasteiger partial charge >= 0.3 is 0 Å². The molecule has 1 fully saturated rings. The van der Waals surface area contributed by atoms with Crippen molar-refractivity contribution < 1.29 is 4.42 Å². The van der Waals surface area contributed by atoms with Crippen LogP contribution in [0.1, 0.15) is 30.8 Å². The molecule has 1 aromatic heterocycles. The Hall–Kier alpha value is -0.760. The molecule has 1 saturated carbocycles. The minimum absolute atomic E-state index is 0.394. The average molecular weight is 179 g/mol. The summed E-state index contributed by atoms with van der Waals surface area (Å²) in [5.41, 5.74) is 5.99. The van der Waals surface area contributed by atoms with Gasteiger partial charge in [-0.3, -0.25) is 0 Å². The van der Waals surface area contributed by atoms with Gasteiger partial charge in [0.2, 0.25) is 0 Å². The normalized spacial score (nSPS) is 28.2. The molecule has 2 heteroatoms. The summed E-state index contributed by atoms with van der Waals surface area (Å²) in [6.45, 7) is 1.98. The van der Waals surface area contributed by atoms with E-state index in [1.807, 2.05) is 13.0 Å². The van der Waals surface area contributed by atoms with Crippen molar-refractivity contribution in [3.63, 3.8) is 0 Å². The highest BCUT2D eigenvalue weighted by Gasteiger charge is 2.24. The van der Waals surface area contributed by atoms with Gasteiger partial charge in [0.1, 0.15) is 11.5 Å². The highest BCUT2D eigenvalue weighted by atomic mass is 16.3. The fourth-order valence-electron chi connectivity index (χ4n) is 2.17. The molecule has 1 heterocycles. The third-order valence-electron chi connectivity index (χ3n) is 2.98. The van der Waals surface area contributed by atoms with E-state index in [9.17, 15) is 0 Å². The Morgan fingerprint density at radius 3 is 2.85 bits per heavy atom. The van der Waals surface area contributed by atoms with Crippen molar-refractivity contribution in [1.29, 1.82) is 0 Å². The van der Waals surface area contributed by atoms with Crippen molar-refractivity contribution in [3.05, 3.63) is 23.7 Å². The van der Waals surface area contributed by atoms with E-state index in [1.165, 1.54) is 19.3 Å². The van der Waals surface area contributed by atoms with E-state index >= 15 is 0 Å². The average Bonchev–Trinajstić information content (AvgIpc) is 2.64. The zero-order valence-electron chi connectivity index (χ0n) is 8.12. The van der Waals surface area contributed by atoms with E-state index in [1.54, 1.807) is 0 Å². The van der Waals surface area contributed by atoms with Crippen LogP contribution in [-0.4, -0.2) is 6.04 Å². The summed E-state index contributed by atoms with van der Waals surface area (Å²) >= 11 is 0. The van der Waals surface area contributed by atoms with Crippen LogP contribution >= 0.6 is 0 Å². The molecule has 2 unspecified atom stereocenters. The van der Waals surface area contributed by atoms with Crippen LogP contribution in [0.25, 0.3) is 0 Å². The smallest absolute Gasteiger partial charge is 0.104 e. The van der Waals surface area contributed by atoms with Crippen LogP contribution in [0.5, 0.6) is 0 Å². The van der Waals surface area contributed by atoms with Crippen LogP contribution in [0, 0.1) is 12.8 Å². The number of furan rings is 1. The van der Waals surface area contributed by atoms with Crippen LogP contribution in [0.15, 0.2) is 16.5 Å². The SMILES string of the molecule is Cc1ccc(CC2CCCC2N)o1. The van der Waals surface area contributed by atoms with Crippen LogP contribution < -0.4 is 5.73 Å². The lowest BCUT2D eigenvalue weighted by atomic mass is 9.99. The van der Waals surface area contributed by atoms with Gasteiger partial charge in [0.25, 0.3) is 0 Å². The van der Waals surface area contributed by atoms with Gasteiger partial charge in [0.05, 0.1) is 0 Å². The molecule has 0 aliphatic heterocycles. The molecule has 72 valence electrons. The Bertz CT molecular complexity index is 279. The topological polar surface area (TPSA) is 39.2 Å². The fraction of sp³-hybridized carbons (Fsp3) is 0.636. The van der Waals surface area contributed by atoms with Crippen LogP contribution in [-0.2, 0) is 6.42 Å². The van der Waals surface area contributed by atoms with Gasteiger partial charge in [-0.05, 0) is 37.8 Å². The Kier molecular flexibility index (Phi) is 2.40. The number of aryl methyl sites for hydroxylation is 1. The van der Waals surface area contributed by atoms with Crippen molar-refractivity contribution in [3.8, 4) is 0 Å². The first-order valence-electron chi connectivity index (χ1n) is 5.06. The standard InChI is InChI=1S/C11H17NO/c1-8-5-6-10(13-8)7-9-3-2-4-11(9)12/h5-6,9,11H,2-4,7,12H2,1H3. The van der Waals surface area contributed by atoms with Gasteiger partial charge < -0.3 is 10.2 Å². The molecule has 2 rings (SSSR count). The molecule has 0 amide bonds. The Balaban J connectivity index is 1.97. The van der Waals surface area contributed by atoms with E-state index in [-0.39, 0.29) is 0 Å². The van der Waals surface area contributed by atoms with Crippen molar-refractivity contribution in [1.82, 2.24) is 0 Å². The Morgan fingerprint density at radius 2 is 2.31 bits per heavy atom. The predicted octanol–water partition coefficient (Wildman–Crippen LogP) is 2.26. The number of nitrogens with two attached hydrogens (primary N) is 1. The zero-order valence-corrected chi connectivity index (χ0v) is 8.12. The van der Waals surface area contributed by atoms with Gasteiger partial charge in [0.15, 0.2) is 0 Å². The molecule has 1 aliphatic carbocycles. The maximum Gasteiger partial charge on any atom is 0.104 e. The van der Waals surface area contributed by atoms with Crippen LogP contribution in [0.2, 0.25) is 0 Å². The third-order valence-corrected chi connectivity index (χ3v) is 2.98. The predicted molar refractivity (Wildman–Crippen MR) is 52.5 cm³/mol. The molecule has 0 spiro atoms. The van der Waals surface area contributed by atoms with Gasteiger partial charge in [-0.25, -0.2) is 0 Å². The molecule has 1 aliphatic rings. The van der Waals surface area contributed by atoms with E-state index in [4.69, 9.17) is 10.2 Å². The van der Waals surface area contributed by atoms with Crippen LogP contribution in [0.3, 0.4) is 0 Å². The lowest BCUT2D eigenvalue weighted by molar-refractivity contribution is 0.406. The zero-order chi connectivity index (χ0) is 9.26. The quantitative estimate of drug-likeness (QED) is 0.756. The maximum atomic E-state index is 5.99. The molecule has 0 saturated heterocycles. The minimum Gasteiger partial charge on any atom is -0.466 e. The van der Waals surface area contributed by atoms with Crippen LogP contribution in [0.4, 0.5) is 0 Å². The van der Waals surface area contributed by atoms with Crippen molar-refractivity contribution in [2.45, 2.75) is 38.6 Å². The van der Waals surface area contributed by atoms with Crippen molar-refractivity contribution in [2.24, 2.45) is 11.7 Å². The summed E-state index contributed by atoms with van der Waals surface area (Å²) in [5.74, 6) is 2.74. The molecular formula is C11H17NO. The second kappa shape index (κ2) is 3.54. The third kappa shape index (κ3) is 1.94. The molecule has 13 heavy (non-hydrogen) atoms. The Labute approximate surface area is 79.1 Å². The number of hydrogen-bond donors (Lipinski definition) is 1. The van der Waals surface area contributed by atoms with E-state index < -0.39 is 0 Å². The van der Waals surface area contributed by atoms with Gasteiger partial charge in [-0.1, -0.05) is 6.42 Å². The minimum atomic E-state index is 0.394. The van der Waals surface area contributed by atoms with Crippen molar-refractivity contribution >= 4 is 0 Å². The van der Waals surface area contributed by atoms with E-state index in [0.29, 0.717) is 12.0 Å². The second-order valence-electron chi connectivity index (χ2n) is 4.07. The summed E-state index contributed by atoms with van der Waals surface area (Å²) in [5, 5.41) is 0. The molecule has 2 N–H and O–H groups in total. The highest BCUT2D eigenvalue weighted by molar-refractivity contribution is 5.07. The largest absolute Gasteiger partial charge is 0.466 e. The lowest BCUT2D eigenvalue weighted by Crippen LogP contribution is -2.25. The summed E-state index contributed by atoms with van der Waals surface area (Å²) in [4.78, 5) is 0. The lowest BCUT2D eigenvalue weighted by Gasteiger charge is -2.12. The number of hydrogen-bond acceptors (Lipinski definition) is 2. The summed E-state index contributed by atoms with van der Waals surface area (Å²) in [6.07, 6.45) is 4.76. The molecule has 2 nitrogen and oxygen atoms in total. The van der Waals surface area contributed by atoms with Gasteiger partial charge in [0, 0.05) is 12.5 Å². The van der Waals surface area contributed by atoms with E-state index in [2.05, 4.69) is 6.07 Å². The fourth-order valence-corrected chi connectivity index (χ4v) is 2.17. The highest BCUT2D eigenvalue weighted by Crippen LogP contribution is 2.27. The molecular weight excluding hydrogens is 162 g/mol. The molecule has 0 radical (unpaired) electrons. The van der Waals surface area contributed by atoms with Crippen molar-refractivity contribution in [2.75, 3.05) is 0 Å². The summed E-state index contributed by atoms with van der Waals surface area (Å²) < 4.78 is 5.54. The Morgan fingerprint density at radius 1 is 1.46 bits per heavy atom.